The van der Waals surface area contributed by atoms with Crippen LogP contribution in [0.3, 0.4) is 0 Å². The molecular weight excluding hydrogens is 286 g/mol. The maximum atomic E-state index is 12.2. The zero-order chi connectivity index (χ0) is 15.8. The van der Waals surface area contributed by atoms with Crippen LogP contribution in [0, 0.1) is 18.8 Å². The molecule has 0 aromatic heterocycles. The molecule has 114 valence electrons. The minimum Gasteiger partial charge on any atom is -0.384 e. The van der Waals surface area contributed by atoms with Gasteiger partial charge < -0.3 is 10.4 Å². The van der Waals surface area contributed by atoms with Crippen LogP contribution >= 0.6 is 0 Å². The van der Waals surface area contributed by atoms with Gasteiger partial charge in [0.2, 0.25) is 0 Å². The molecule has 0 spiro atoms. The van der Waals surface area contributed by atoms with E-state index in [-0.39, 0.29) is 18.6 Å². The largest absolute Gasteiger partial charge is 0.384 e. The Morgan fingerprint density at radius 1 is 1.43 bits per heavy atom. The fourth-order valence-electron chi connectivity index (χ4n) is 1.85. The monoisotopic (exact) mass is 307 g/mol. The van der Waals surface area contributed by atoms with E-state index in [4.69, 9.17) is 5.11 Å². The van der Waals surface area contributed by atoms with Gasteiger partial charge in [-0.2, -0.15) is 0 Å². The number of benzene rings is 1. The van der Waals surface area contributed by atoms with Gasteiger partial charge in [-0.05, 0) is 44.0 Å². The Hall–Kier alpha value is -1.64. The summed E-state index contributed by atoms with van der Waals surface area (Å²) in [6.45, 7) is 3.58. The first-order valence-electron chi connectivity index (χ1n) is 6.74. The molecule has 0 aliphatic heterocycles. The molecule has 21 heavy (non-hydrogen) atoms. The van der Waals surface area contributed by atoms with Gasteiger partial charge >= 0.3 is 0 Å². The summed E-state index contributed by atoms with van der Waals surface area (Å²) in [6.07, 6.45) is 2.33. The molecule has 1 amide bonds. The highest BCUT2D eigenvalue weighted by Gasteiger charge is 2.11. The van der Waals surface area contributed by atoms with E-state index >= 15 is 0 Å². The third-order valence-corrected chi connectivity index (χ3v) is 3.68. The highest BCUT2D eigenvalue weighted by atomic mass is 32.2. The summed E-state index contributed by atoms with van der Waals surface area (Å²) in [5, 5.41) is 11.6. The molecular formula is C16H21NO3S. The average Bonchev–Trinajstić information content (AvgIpc) is 2.42. The van der Waals surface area contributed by atoms with Crippen molar-refractivity contribution in [3.8, 4) is 11.8 Å². The molecule has 2 N–H and O–H groups in total. The van der Waals surface area contributed by atoms with Gasteiger partial charge in [-0.15, -0.1) is 0 Å². The second-order valence-electron chi connectivity index (χ2n) is 4.99. The second-order valence-corrected chi connectivity index (χ2v) is 6.54. The summed E-state index contributed by atoms with van der Waals surface area (Å²) in [5.41, 5.74) is 2.19. The van der Waals surface area contributed by atoms with Crippen LogP contribution in [0.4, 0.5) is 0 Å². The molecule has 0 aliphatic carbocycles. The van der Waals surface area contributed by atoms with Crippen molar-refractivity contribution in [3.63, 3.8) is 0 Å². The summed E-state index contributed by atoms with van der Waals surface area (Å²) in [6, 6.07) is 5.33. The zero-order valence-electron chi connectivity index (χ0n) is 12.6. The third kappa shape index (κ3) is 6.56. The number of rotatable bonds is 5. The molecule has 0 aliphatic rings. The minimum atomic E-state index is -0.850. The molecule has 4 nitrogen and oxygen atoms in total. The quantitative estimate of drug-likeness (QED) is 0.804. The Morgan fingerprint density at radius 3 is 2.76 bits per heavy atom. The van der Waals surface area contributed by atoms with Crippen LogP contribution in [-0.4, -0.2) is 39.9 Å². The van der Waals surface area contributed by atoms with Crippen molar-refractivity contribution in [1.82, 2.24) is 5.32 Å². The standard InChI is InChI=1S/C16H21NO3S/c1-12-9-14(5-4-7-18)11-15(10-12)16(19)17-13(2)6-8-21(3)20/h9-11,13,18H,6-8H2,1-3H3,(H,17,19). The van der Waals surface area contributed by atoms with E-state index in [1.165, 1.54) is 0 Å². The molecule has 0 radical (unpaired) electrons. The lowest BCUT2D eigenvalue weighted by molar-refractivity contribution is 0.0939. The van der Waals surface area contributed by atoms with Gasteiger partial charge in [0, 0.05) is 40.0 Å². The average molecular weight is 307 g/mol. The van der Waals surface area contributed by atoms with Crippen LogP contribution < -0.4 is 5.32 Å². The van der Waals surface area contributed by atoms with E-state index in [1.807, 2.05) is 19.9 Å². The Labute approximate surface area is 128 Å². The second kappa shape index (κ2) is 8.60. The highest BCUT2D eigenvalue weighted by molar-refractivity contribution is 7.84. The first-order chi connectivity index (χ1) is 9.92. The fourth-order valence-corrected chi connectivity index (χ4v) is 2.54. The summed E-state index contributed by atoms with van der Waals surface area (Å²) >= 11 is 0. The number of aryl methyl sites for hydroxylation is 1. The molecule has 1 aromatic rings. The number of hydrogen-bond acceptors (Lipinski definition) is 3. The minimum absolute atomic E-state index is 0.0334. The van der Waals surface area contributed by atoms with Crippen LogP contribution in [0.1, 0.15) is 34.8 Å². The maximum absolute atomic E-state index is 12.2. The number of hydrogen-bond donors (Lipinski definition) is 2. The fraction of sp³-hybridized carbons (Fsp3) is 0.438. The summed E-state index contributed by atoms with van der Waals surface area (Å²) in [4.78, 5) is 12.2. The van der Waals surface area contributed by atoms with Gasteiger partial charge in [0.05, 0.1) is 0 Å². The van der Waals surface area contributed by atoms with Gasteiger partial charge in [0.15, 0.2) is 0 Å². The number of aliphatic hydroxyl groups excluding tert-OH is 1. The number of carbonyl (C=O) groups excluding carboxylic acids is 1. The van der Waals surface area contributed by atoms with Gasteiger partial charge in [-0.25, -0.2) is 0 Å². The molecule has 0 heterocycles. The van der Waals surface area contributed by atoms with Crippen LogP contribution in [0.15, 0.2) is 18.2 Å². The first kappa shape index (κ1) is 17.4. The van der Waals surface area contributed by atoms with Crippen molar-refractivity contribution in [2.75, 3.05) is 18.6 Å². The summed E-state index contributed by atoms with van der Waals surface area (Å²) < 4.78 is 11.1. The zero-order valence-corrected chi connectivity index (χ0v) is 13.4. The molecule has 0 saturated carbocycles. The molecule has 1 rings (SSSR count). The van der Waals surface area contributed by atoms with Crippen LogP contribution in [0.25, 0.3) is 0 Å². The highest BCUT2D eigenvalue weighted by Crippen LogP contribution is 2.09. The van der Waals surface area contributed by atoms with Crippen molar-refractivity contribution in [3.05, 3.63) is 34.9 Å². The van der Waals surface area contributed by atoms with Crippen LogP contribution in [0.2, 0.25) is 0 Å². The van der Waals surface area contributed by atoms with Crippen molar-refractivity contribution in [2.45, 2.75) is 26.3 Å². The lowest BCUT2D eigenvalue weighted by atomic mass is 10.1. The van der Waals surface area contributed by atoms with Crippen molar-refractivity contribution >= 4 is 16.7 Å². The lowest BCUT2D eigenvalue weighted by Gasteiger charge is -2.13. The molecule has 0 fully saturated rings. The topological polar surface area (TPSA) is 66.4 Å². The number of amides is 1. The van der Waals surface area contributed by atoms with Gasteiger partial charge in [-0.3, -0.25) is 9.00 Å². The van der Waals surface area contributed by atoms with Crippen molar-refractivity contribution in [1.29, 1.82) is 0 Å². The summed E-state index contributed by atoms with van der Waals surface area (Å²) in [5.74, 6) is 5.78. The molecule has 5 heteroatoms. The van der Waals surface area contributed by atoms with Crippen molar-refractivity contribution < 1.29 is 14.1 Å². The van der Waals surface area contributed by atoms with E-state index < -0.39 is 10.8 Å². The normalized spacial score (nSPS) is 13.0. The molecule has 0 bridgehead atoms. The van der Waals surface area contributed by atoms with Crippen LogP contribution in [0.5, 0.6) is 0 Å². The SMILES string of the molecule is Cc1cc(C#CCO)cc(C(=O)NC(C)CCS(C)=O)c1. The van der Waals surface area contributed by atoms with Gasteiger partial charge in [0.1, 0.15) is 6.61 Å². The Bertz CT molecular complexity index is 587. The Balaban J connectivity index is 2.77. The van der Waals surface area contributed by atoms with E-state index in [1.54, 1.807) is 18.4 Å². The van der Waals surface area contributed by atoms with E-state index in [0.29, 0.717) is 23.3 Å². The van der Waals surface area contributed by atoms with Crippen molar-refractivity contribution in [2.24, 2.45) is 0 Å². The maximum Gasteiger partial charge on any atom is 0.251 e. The smallest absolute Gasteiger partial charge is 0.251 e. The Kier molecular flexibility index (Phi) is 7.13. The number of aliphatic hydroxyl groups is 1. The Morgan fingerprint density at radius 2 is 2.14 bits per heavy atom. The van der Waals surface area contributed by atoms with E-state index in [2.05, 4.69) is 17.2 Å². The molecule has 1 aromatic carbocycles. The summed E-state index contributed by atoms with van der Waals surface area (Å²) in [7, 11) is -0.850. The van der Waals surface area contributed by atoms with Gasteiger partial charge in [-0.1, -0.05) is 11.8 Å². The van der Waals surface area contributed by atoms with Crippen LogP contribution in [-0.2, 0) is 10.8 Å². The molecule has 2 unspecified atom stereocenters. The van der Waals surface area contributed by atoms with E-state index in [9.17, 15) is 9.00 Å². The lowest BCUT2D eigenvalue weighted by Crippen LogP contribution is -2.33. The predicted molar refractivity (Wildman–Crippen MR) is 85.6 cm³/mol. The third-order valence-electron chi connectivity index (χ3n) is 2.87. The molecule has 2 atom stereocenters. The predicted octanol–water partition coefficient (Wildman–Crippen LogP) is 1.23. The number of nitrogens with one attached hydrogen (secondary N) is 1. The first-order valence-corrected chi connectivity index (χ1v) is 8.47. The van der Waals surface area contributed by atoms with Gasteiger partial charge in [0.25, 0.3) is 5.91 Å². The van der Waals surface area contributed by atoms with E-state index in [0.717, 1.165) is 5.56 Å². The number of carbonyl (C=O) groups is 1. The molecule has 0 saturated heterocycles.